The summed E-state index contributed by atoms with van der Waals surface area (Å²) in [5.41, 5.74) is 7.05. The number of hydrogen-bond donors (Lipinski definition) is 1. The van der Waals surface area contributed by atoms with E-state index in [0.717, 1.165) is 17.7 Å². The third-order valence-corrected chi connectivity index (χ3v) is 2.68. The van der Waals surface area contributed by atoms with Gasteiger partial charge in [-0.05, 0) is 24.1 Å². The van der Waals surface area contributed by atoms with Gasteiger partial charge in [0.05, 0.1) is 0 Å². The fraction of sp³-hybridized carbons (Fsp3) is 0.385. The third kappa shape index (κ3) is 3.07. The standard InChI is InChI=1S/C13H17N3O2/c1-3-12(14)10-4-6-11(7-5-10)17-8-13-16-15-9(2)18-13/h4-7,12H,3,8,14H2,1-2H3/t12-/m1/s1. The van der Waals surface area contributed by atoms with Crippen molar-refractivity contribution in [1.29, 1.82) is 0 Å². The molecule has 0 aliphatic heterocycles. The molecule has 0 amide bonds. The van der Waals surface area contributed by atoms with Crippen molar-refractivity contribution in [3.63, 3.8) is 0 Å². The van der Waals surface area contributed by atoms with Gasteiger partial charge >= 0.3 is 0 Å². The lowest BCUT2D eigenvalue weighted by Crippen LogP contribution is -2.08. The minimum atomic E-state index is 0.0811. The number of aromatic nitrogens is 2. The maximum absolute atomic E-state index is 5.94. The molecule has 96 valence electrons. The molecule has 1 aromatic heterocycles. The minimum absolute atomic E-state index is 0.0811. The molecule has 2 N–H and O–H groups in total. The largest absolute Gasteiger partial charge is 0.484 e. The first kappa shape index (κ1) is 12.6. The van der Waals surface area contributed by atoms with Crippen LogP contribution in [0.25, 0.3) is 0 Å². The number of aryl methyl sites for hydroxylation is 1. The Morgan fingerprint density at radius 3 is 2.56 bits per heavy atom. The smallest absolute Gasteiger partial charge is 0.253 e. The maximum atomic E-state index is 5.94. The summed E-state index contributed by atoms with van der Waals surface area (Å²) in [7, 11) is 0. The molecule has 1 heterocycles. The average molecular weight is 247 g/mol. The molecule has 0 aliphatic carbocycles. The fourth-order valence-electron chi connectivity index (χ4n) is 1.59. The molecule has 1 aromatic carbocycles. The zero-order chi connectivity index (χ0) is 13.0. The van der Waals surface area contributed by atoms with Crippen LogP contribution in [0.1, 0.15) is 36.7 Å². The second-order valence-corrected chi connectivity index (χ2v) is 4.09. The number of nitrogens with two attached hydrogens (primary N) is 1. The fourth-order valence-corrected chi connectivity index (χ4v) is 1.59. The van der Waals surface area contributed by atoms with Gasteiger partial charge < -0.3 is 14.9 Å². The summed E-state index contributed by atoms with van der Waals surface area (Å²) >= 11 is 0. The van der Waals surface area contributed by atoms with Gasteiger partial charge in [-0.1, -0.05) is 19.1 Å². The van der Waals surface area contributed by atoms with Crippen LogP contribution in [0.3, 0.4) is 0 Å². The summed E-state index contributed by atoms with van der Waals surface area (Å²) in [4.78, 5) is 0. The van der Waals surface area contributed by atoms with Gasteiger partial charge in [0, 0.05) is 13.0 Å². The van der Waals surface area contributed by atoms with E-state index in [9.17, 15) is 0 Å². The maximum Gasteiger partial charge on any atom is 0.253 e. The van der Waals surface area contributed by atoms with E-state index in [2.05, 4.69) is 17.1 Å². The second kappa shape index (κ2) is 5.64. The van der Waals surface area contributed by atoms with E-state index in [0.29, 0.717) is 11.8 Å². The molecule has 5 nitrogen and oxygen atoms in total. The van der Waals surface area contributed by atoms with Crippen LogP contribution in [-0.2, 0) is 6.61 Å². The molecule has 0 bridgehead atoms. The van der Waals surface area contributed by atoms with E-state index in [1.165, 1.54) is 0 Å². The van der Waals surface area contributed by atoms with Crippen molar-refractivity contribution in [2.24, 2.45) is 5.73 Å². The van der Waals surface area contributed by atoms with Crippen molar-refractivity contribution in [2.45, 2.75) is 32.9 Å². The zero-order valence-electron chi connectivity index (χ0n) is 10.6. The lowest BCUT2D eigenvalue weighted by molar-refractivity contribution is 0.260. The SMILES string of the molecule is CC[C@@H](N)c1ccc(OCc2nnc(C)o2)cc1. The Kier molecular flexibility index (Phi) is 3.94. The summed E-state index contributed by atoms with van der Waals surface area (Å²) in [6.45, 7) is 4.09. The van der Waals surface area contributed by atoms with Gasteiger partial charge in [0.25, 0.3) is 5.89 Å². The number of rotatable bonds is 5. The Hall–Kier alpha value is -1.88. The molecule has 0 unspecified atom stereocenters. The van der Waals surface area contributed by atoms with Gasteiger partial charge in [-0.2, -0.15) is 0 Å². The molecule has 18 heavy (non-hydrogen) atoms. The zero-order valence-corrected chi connectivity index (χ0v) is 10.6. The highest BCUT2D eigenvalue weighted by molar-refractivity contribution is 5.28. The molecule has 2 rings (SSSR count). The minimum Gasteiger partial charge on any atom is -0.484 e. The van der Waals surface area contributed by atoms with Crippen molar-refractivity contribution in [3.8, 4) is 5.75 Å². The molecule has 0 saturated heterocycles. The number of hydrogen-bond acceptors (Lipinski definition) is 5. The van der Waals surface area contributed by atoms with Crippen LogP contribution < -0.4 is 10.5 Å². The Bertz CT molecular complexity index is 493. The first-order valence-electron chi connectivity index (χ1n) is 5.96. The molecule has 0 fully saturated rings. The van der Waals surface area contributed by atoms with Gasteiger partial charge in [0.2, 0.25) is 5.89 Å². The van der Waals surface area contributed by atoms with Gasteiger partial charge in [0.1, 0.15) is 5.75 Å². The average Bonchev–Trinajstić information content (AvgIpc) is 2.82. The first-order chi connectivity index (χ1) is 8.69. The van der Waals surface area contributed by atoms with Gasteiger partial charge in [-0.25, -0.2) is 0 Å². The lowest BCUT2D eigenvalue weighted by Gasteiger charge is -2.10. The number of benzene rings is 1. The predicted octanol–water partition coefficient (Wildman–Crippen LogP) is 2.37. The second-order valence-electron chi connectivity index (χ2n) is 4.09. The van der Waals surface area contributed by atoms with Crippen LogP contribution >= 0.6 is 0 Å². The van der Waals surface area contributed by atoms with Crippen molar-refractivity contribution >= 4 is 0 Å². The Balaban J connectivity index is 1.94. The van der Waals surface area contributed by atoms with Crippen LogP contribution in [0, 0.1) is 6.92 Å². The van der Waals surface area contributed by atoms with E-state index in [4.69, 9.17) is 14.9 Å². The van der Waals surface area contributed by atoms with Gasteiger partial charge in [-0.15, -0.1) is 10.2 Å². The number of nitrogens with zero attached hydrogens (tertiary/aromatic N) is 2. The van der Waals surface area contributed by atoms with E-state index < -0.39 is 0 Å². The molecule has 5 heteroatoms. The van der Waals surface area contributed by atoms with Crippen LogP contribution in [-0.4, -0.2) is 10.2 Å². The predicted molar refractivity (Wildman–Crippen MR) is 67.0 cm³/mol. The Labute approximate surface area is 106 Å². The Morgan fingerprint density at radius 2 is 2.00 bits per heavy atom. The number of ether oxygens (including phenoxy) is 1. The molecule has 0 spiro atoms. The summed E-state index contributed by atoms with van der Waals surface area (Å²) in [6, 6.07) is 7.82. The first-order valence-corrected chi connectivity index (χ1v) is 5.96. The quantitative estimate of drug-likeness (QED) is 0.877. The topological polar surface area (TPSA) is 74.2 Å². The van der Waals surface area contributed by atoms with E-state index >= 15 is 0 Å². The van der Waals surface area contributed by atoms with E-state index in [-0.39, 0.29) is 12.6 Å². The highest BCUT2D eigenvalue weighted by Crippen LogP contribution is 2.18. The van der Waals surface area contributed by atoms with Crippen molar-refractivity contribution in [1.82, 2.24) is 10.2 Å². The monoisotopic (exact) mass is 247 g/mol. The van der Waals surface area contributed by atoms with Crippen LogP contribution in [0.4, 0.5) is 0 Å². The van der Waals surface area contributed by atoms with Crippen molar-refractivity contribution in [3.05, 3.63) is 41.6 Å². The summed E-state index contributed by atoms with van der Waals surface area (Å²) < 4.78 is 10.8. The molecule has 0 saturated carbocycles. The lowest BCUT2D eigenvalue weighted by atomic mass is 10.1. The van der Waals surface area contributed by atoms with Crippen LogP contribution in [0.5, 0.6) is 5.75 Å². The summed E-state index contributed by atoms with van der Waals surface area (Å²) in [5.74, 6) is 1.78. The third-order valence-electron chi connectivity index (χ3n) is 2.68. The molecule has 1 atom stereocenters. The molecule has 2 aromatic rings. The van der Waals surface area contributed by atoms with Crippen molar-refractivity contribution in [2.75, 3.05) is 0 Å². The highest BCUT2D eigenvalue weighted by Gasteiger charge is 2.05. The molecular formula is C13H17N3O2. The van der Waals surface area contributed by atoms with Crippen LogP contribution in [0.15, 0.2) is 28.7 Å². The van der Waals surface area contributed by atoms with Gasteiger partial charge in [-0.3, -0.25) is 0 Å². The van der Waals surface area contributed by atoms with Crippen LogP contribution in [0.2, 0.25) is 0 Å². The summed E-state index contributed by atoms with van der Waals surface area (Å²) in [6.07, 6.45) is 0.918. The van der Waals surface area contributed by atoms with Crippen molar-refractivity contribution < 1.29 is 9.15 Å². The highest BCUT2D eigenvalue weighted by atomic mass is 16.5. The molecule has 0 radical (unpaired) electrons. The van der Waals surface area contributed by atoms with E-state index in [1.807, 2.05) is 24.3 Å². The molecular weight excluding hydrogens is 230 g/mol. The van der Waals surface area contributed by atoms with Gasteiger partial charge in [0.15, 0.2) is 6.61 Å². The molecule has 0 aliphatic rings. The normalized spacial score (nSPS) is 12.4. The Morgan fingerprint density at radius 1 is 1.28 bits per heavy atom. The van der Waals surface area contributed by atoms with E-state index in [1.54, 1.807) is 6.92 Å². The summed E-state index contributed by atoms with van der Waals surface area (Å²) in [5, 5.41) is 7.59.